The van der Waals surface area contributed by atoms with Crippen LogP contribution in [0.5, 0.6) is 0 Å². The van der Waals surface area contributed by atoms with E-state index in [1.807, 2.05) is 25.1 Å². The maximum atomic E-state index is 13.1. The quantitative estimate of drug-likeness (QED) is 0.806. The lowest BCUT2D eigenvalue weighted by atomic mass is 10.1. The van der Waals surface area contributed by atoms with E-state index in [4.69, 9.17) is 11.6 Å². The van der Waals surface area contributed by atoms with Crippen molar-refractivity contribution in [3.05, 3.63) is 64.7 Å². The van der Waals surface area contributed by atoms with Crippen LogP contribution in [0.2, 0.25) is 5.02 Å². The molecular weight excluding hydrogens is 328 g/mol. The molecule has 0 radical (unpaired) electrons. The Bertz CT molecular complexity index is 681. The molecule has 2 aromatic carbocycles. The first-order valence-electron chi connectivity index (χ1n) is 6.59. The monoisotopic (exact) mass is 341 g/mol. The minimum absolute atomic E-state index is 0.111. The summed E-state index contributed by atoms with van der Waals surface area (Å²) in [6, 6.07) is 10.6. The molecule has 0 spiro atoms. The highest BCUT2D eigenvalue weighted by molar-refractivity contribution is 8.00. The van der Waals surface area contributed by atoms with E-state index in [1.54, 1.807) is 6.07 Å². The number of benzene rings is 2. The first kappa shape index (κ1) is 16.8. The minimum Gasteiger partial charge on any atom is -0.349 e. The van der Waals surface area contributed by atoms with Crippen molar-refractivity contribution >= 4 is 29.3 Å². The lowest BCUT2D eigenvalue weighted by Crippen LogP contribution is -2.28. The molecule has 1 N–H and O–H groups in total. The lowest BCUT2D eigenvalue weighted by molar-refractivity contribution is -0.119. The van der Waals surface area contributed by atoms with Crippen molar-refractivity contribution in [1.29, 1.82) is 0 Å². The van der Waals surface area contributed by atoms with Gasteiger partial charge in [0.1, 0.15) is 0 Å². The van der Waals surface area contributed by atoms with E-state index >= 15 is 0 Å². The van der Waals surface area contributed by atoms with Gasteiger partial charge in [-0.25, -0.2) is 8.78 Å². The fourth-order valence-electron chi connectivity index (χ4n) is 1.90. The third-order valence-electron chi connectivity index (χ3n) is 3.01. The van der Waals surface area contributed by atoms with Gasteiger partial charge in [0.05, 0.1) is 11.8 Å². The molecule has 1 unspecified atom stereocenters. The molecule has 2 rings (SSSR count). The molecule has 0 heterocycles. The summed E-state index contributed by atoms with van der Waals surface area (Å²) in [7, 11) is 0. The van der Waals surface area contributed by atoms with Gasteiger partial charge in [0.15, 0.2) is 11.6 Å². The van der Waals surface area contributed by atoms with Gasteiger partial charge in [0, 0.05) is 9.92 Å². The summed E-state index contributed by atoms with van der Waals surface area (Å²) in [5, 5.41) is 3.41. The second-order valence-electron chi connectivity index (χ2n) is 4.68. The Balaban J connectivity index is 1.90. The Morgan fingerprint density at radius 2 is 1.95 bits per heavy atom. The molecule has 0 aromatic heterocycles. The molecule has 2 aromatic rings. The fraction of sp³-hybridized carbons (Fsp3) is 0.188. The molecule has 0 saturated carbocycles. The molecule has 6 heteroatoms. The van der Waals surface area contributed by atoms with Gasteiger partial charge < -0.3 is 5.32 Å². The minimum atomic E-state index is -0.921. The standard InChI is InChI=1S/C16H14ClF2NOS/c1-10(12-4-2-3-5-13(12)17)20-16(21)9-22-11-6-7-14(18)15(19)8-11/h2-8,10H,9H2,1H3,(H,20,21). The first-order valence-corrected chi connectivity index (χ1v) is 7.95. The van der Waals surface area contributed by atoms with Crippen LogP contribution >= 0.6 is 23.4 Å². The third kappa shape index (κ3) is 4.45. The zero-order chi connectivity index (χ0) is 16.1. The summed E-state index contributed by atoms with van der Waals surface area (Å²) >= 11 is 7.22. The number of thioether (sulfide) groups is 1. The van der Waals surface area contributed by atoms with Gasteiger partial charge >= 0.3 is 0 Å². The Kier molecular flexibility index (Phi) is 5.80. The van der Waals surface area contributed by atoms with Crippen LogP contribution < -0.4 is 5.32 Å². The second-order valence-corrected chi connectivity index (χ2v) is 6.13. The molecule has 2 nitrogen and oxygen atoms in total. The maximum absolute atomic E-state index is 13.1. The van der Waals surface area contributed by atoms with Gasteiger partial charge in [-0.05, 0) is 36.8 Å². The Morgan fingerprint density at radius 3 is 2.64 bits per heavy atom. The van der Waals surface area contributed by atoms with Crippen molar-refractivity contribution < 1.29 is 13.6 Å². The van der Waals surface area contributed by atoms with Crippen molar-refractivity contribution in [3.8, 4) is 0 Å². The summed E-state index contributed by atoms with van der Waals surface area (Å²) in [4.78, 5) is 12.4. The number of rotatable bonds is 5. The Morgan fingerprint density at radius 1 is 1.23 bits per heavy atom. The van der Waals surface area contributed by atoms with Gasteiger partial charge in [0.2, 0.25) is 5.91 Å². The van der Waals surface area contributed by atoms with Crippen LogP contribution in [-0.2, 0) is 4.79 Å². The summed E-state index contributed by atoms with van der Waals surface area (Å²) in [5.41, 5.74) is 0.829. The average Bonchev–Trinajstić information content (AvgIpc) is 2.49. The van der Waals surface area contributed by atoms with Crippen LogP contribution in [0.15, 0.2) is 47.4 Å². The molecule has 22 heavy (non-hydrogen) atoms. The molecule has 0 aliphatic rings. The molecule has 1 atom stereocenters. The number of carbonyl (C=O) groups is 1. The SMILES string of the molecule is CC(NC(=O)CSc1ccc(F)c(F)c1)c1ccccc1Cl. The number of nitrogens with one attached hydrogen (secondary N) is 1. The molecule has 0 aliphatic carbocycles. The van der Waals surface area contributed by atoms with Crippen LogP contribution in [0.3, 0.4) is 0 Å². The van der Waals surface area contributed by atoms with E-state index in [9.17, 15) is 13.6 Å². The van der Waals surface area contributed by atoms with E-state index in [2.05, 4.69) is 5.32 Å². The van der Waals surface area contributed by atoms with Crippen LogP contribution in [0.1, 0.15) is 18.5 Å². The third-order valence-corrected chi connectivity index (χ3v) is 4.35. The molecule has 116 valence electrons. The van der Waals surface area contributed by atoms with E-state index in [0.29, 0.717) is 9.92 Å². The van der Waals surface area contributed by atoms with Gasteiger partial charge in [0.25, 0.3) is 0 Å². The van der Waals surface area contributed by atoms with Crippen molar-refractivity contribution in [2.45, 2.75) is 17.9 Å². The smallest absolute Gasteiger partial charge is 0.230 e. The maximum Gasteiger partial charge on any atom is 0.230 e. The highest BCUT2D eigenvalue weighted by Crippen LogP contribution is 2.23. The number of hydrogen-bond donors (Lipinski definition) is 1. The molecule has 0 saturated heterocycles. The topological polar surface area (TPSA) is 29.1 Å². The number of amides is 1. The summed E-state index contributed by atoms with van der Waals surface area (Å²) < 4.78 is 25.9. The first-order chi connectivity index (χ1) is 10.5. The van der Waals surface area contributed by atoms with Gasteiger partial charge in [-0.15, -0.1) is 11.8 Å². The van der Waals surface area contributed by atoms with Crippen molar-refractivity contribution in [3.63, 3.8) is 0 Å². The molecule has 0 bridgehead atoms. The summed E-state index contributed by atoms with van der Waals surface area (Å²) in [6.07, 6.45) is 0. The van der Waals surface area contributed by atoms with E-state index in [1.165, 1.54) is 6.07 Å². The highest BCUT2D eigenvalue weighted by Gasteiger charge is 2.12. The van der Waals surface area contributed by atoms with Crippen LogP contribution in [0.4, 0.5) is 8.78 Å². The molecule has 1 amide bonds. The Hall–Kier alpha value is -1.59. The summed E-state index contributed by atoms with van der Waals surface area (Å²) in [5.74, 6) is -1.92. The fourth-order valence-corrected chi connectivity index (χ4v) is 2.93. The zero-order valence-electron chi connectivity index (χ0n) is 11.8. The predicted molar refractivity (Wildman–Crippen MR) is 85.1 cm³/mol. The van der Waals surface area contributed by atoms with E-state index < -0.39 is 11.6 Å². The van der Waals surface area contributed by atoms with Gasteiger partial charge in [-0.3, -0.25) is 4.79 Å². The molecule has 0 fully saturated rings. The number of hydrogen-bond acceptors (Lipinski definition) is 2. The summed E-state index contributed by atoms with van der Waals surface area (Å²) in [6.45, 7) is 1.83. The van der Waals surface area contributed by atoms with Gasteiger partial charge in [-0.2, -0.15) is 0 Å². The van der Waals surface area contributed by atoms with Crippen molar-refractivity contribution in [2.24, 2.45) is 0 Å². The predicted octanol–water partition coefficient (Wildman–Crippen LogP) is 4.59. The van der Waals surface area contributed by atoms with Crippen LogP contribution in [0.25, 0.3) is 0 Å². The lowest BCUT2D eigenvalue weighted by Gasteiger charge is -2.15. The normalized spacial score (nSPS) is 12.0. The largest absolute Gasteiger partial charge is 0.349 e. The van der Waals surface area contributed by atoms with Crippen LogP contribution in [0, 0.1) is 11.6 Å². The second kappa shape index (κ2) is 7.61. The molecule has 0 aliphatic heterocycles. The highest BCUT2D eigenvalue weighted by atomic mass is 35.5. The van der Waals surface area contributed by atoms with E-state index in [0.717, 1.165) is 29.5 Å². The van der Waals surface area contributed by atoms with Gasteiger partial charge in [-0.1, -0.05) is 29.8 Å². The molecular formula is C16H14ClF2NOS. The Labute approximate surface area is 136 Å². The number of halogens is 3. The van der Waals surface area contributed by atoms with E-state index in [-0.39, 0.29) is 17.7 Å². The van der Waals surface area contributed by atoms with Crippen molar-refractivity contribution in [1.82, 2.24) is 5.32 Å². The van der Waals surface area contributed by atoms with Crippen LogP contribution in [-0.4, -0.2) is 11.7 Å². The average molecular weight is 342 g/mol. The number of carbonyl (C=O) groups excluding carboxylic acids is 1. The zero-order valence-corrected chi connectivity index (χ0v) is 13.3. The van der Waals surface area contributed by atoms with Crippen molar-refractivity contribution in [2.75, 3.05) is 5.75 Å².